The maximum atomic E-state index is 15.2. The number of phenolic OH excluding ortho intramolecular Hbond substituents is 1. The molecular formula is C50H61N3O11. The summed E-state index contributed by atoms with van der Waals surface area (Å²) in [7, 11) is 0. The number of benzene rings is 3. The smallest absolute Gasteiger partial charge is 0.269 e. The number of hydrogen-bond donors (Lipinski definition) is 3. The molecule has 3 N–H and O–H groups in total. The number of nitro groups is 1. The van der Waals surface area contributed by atoms with Crippen LogP contribution in [0.5, 0.6) is 23.0 Å². The summed E-state index contributed by atoms with van der Waals surface area (Å²) in [5.41, 5.74) is 3.85. The van der Waals surface area contributed by atoms with E-state index < -0.39 is 22.7 Å². The number of carbonyl (C=O) groups is 1. The molecule has 2 fully saturated rings. The number of non-ortho nitro benzene ring substituents is 1. The zero-order valence-electron chi connectivity index (χ0n) is 36.5. The van der Waals surface area contributed by atoms with Crippen LogP contribution in [0.25, 0.3) is 0 Å². The van der Waals surface area contributed by atoms with E-state index in [4.69, 9.17) is 28.9 Å². The molecule has 2 heterocycles. The average molecular weight is 880 g/mol. The number of amides is 1. The summed E-state index contributed by atoms with van der Waals surface area (Å²) < 4.78 is 25.9. The Kier molecular flexibility index (Phi) is 14.5. The molecule has 2 aliphatic heterocycles. The van der Waals surface area contributed by atoms with E-state index in [1.807, 2.05) is 23.1 Å². The van der Waals surface area contributed by atoms with Crippen LogP contribution in [0.4, 0.5) is 5.69 Å². The number of oxime groups is 1. The summed E-state index contributed by atoms with van der Waals surface area (Å²) in [4.78, 5) is 34.3. The number of allylic oxidation sites excluding steroid dienone is 1. The van der Waals surface area contributed by atoms with Gasteiger partial charge in [0.05, 0.1) is 23.2 Å². The molecular weight excluding hydrogens is 819 g/mol. The van der Waals surface area contributed by atoms with E-state index in [9.17, 15) is 25.4 Å². The third kappa shape index (κ3) is 9.64. The van der Waals surface area contributed by atoms with Gasteiger partial charge in [0.15, 0.2) is 11.5 Å². The second-order valence-electron chi connectivity index (χ2n) is 17.9. The number of fused-ring (bicyclic) bond motifs is 3. The Morgan fingerprint density at radius 2 is 1.67 bits per heavy atom. The van der Waals surface area contributed by atoms with Gasteiger partial charge in [0.25, 0.3) is 5.69 Å². The first kappa shape index (κ1) is 45.1. The molecule has 6 atom stereocenters. The number of unbranched alkanes of at least 4 members (excludes halogenated alkanes) is 2. The number of rotatable bonds is 21. The molecule has 3 aromatic carbocycles. The van der Waals surface area contributed by atoms with Crippen LogP contribution >= 0.6 is 0 Å². The van der Waals surface area contributed by atoms with Crippen molar-refractivity contribution in [3.63, 3.8) is 0 Å². The zero-order valence-corrected chi connectivity index (χ0v) is 36.5. The van der Waals surface area contributed by atoms with Crippen molar-refractivity contribution in [1.29, 1.82) is 0 Å². The molecule has 342 valence electrons. The van der Waals surface area contributed by atoms with Crippen LogP contribution < -0.4 is 14.2 Å². The standard InChI is InChI=1S/C50H61N3O11/c1-2-25-62-50-46(52(47(57)22-16-33-9-3-4-10-33)30-35-15-20-44-45(26-35)61-32-60-44)29-42(51-63-31-34-13-17-37(18-14-34)53(58)59)40-27-36(11-5-7-23-54)39(12-6-8-24-55)48(49(40)50)41-28-38(56)19-21-43(41)64-50/h2,13-15,17-21,26-28,33,36,39,46,48-49,54-56H,1,3-12,16,22-25,29-32H2/t36-,39+,46-,48+,49+,50+/m0/s1. The molecule has 3 aliphatic carbocycles. The van der Waals surface area contributed by atoms with Gasteiger partial charge in [-0.2, -0.15) is 0 Å². The van der Waals surface area contributed by atoms with Gasteiger partial charge in [0.2, 0.25) is 18.5 Å². The van der Waals surface area contributed by atoms with Crippen molar-refractivity contribution < 1.29 is 48.8 Å². The fraction of sp³-hybridized carbons (Fsp3) is 0.520. The molecule has 0 spiro atoms. The van der Waals surface area contributed by atoms with Gasteiger partial charge in [0.1, 0.15) is 24.1 Å². The molecule has 14 nitrogen and oxygen atoms in total. The number of nitro benzene ring substituents is 1. The van der Waals surface area contributed by atoms with E-state index in [0.29, 0.717) is 53.7 Å². The van der Waals surface area contributed by atoms with E-state index in [2.05, 4.69) is 12.7 Å². The first-order valence-corrected chi connectivity index (χ1v) is 23.0. The number of carbonyl (C=O) groups excluding carboxylic acids is 1. The minimum atomic E-state index is -1.46. The number of ether oxygens (including phenoxy) is 4. The summed E-state index contributed by atoms with van der Waals surface area (Å²) >= 11 is 0. The Balaban J connectivity index is 1.29. The van der Waals surface area contributed by atoms with Crippen LogP contribution in [-0.2, 0) is 27.5 Å². The average Bonchev–Trinajstić information content (AvgIpc) is 4.01. The fourth-order valence-corrected chi connectivity index (χ4v) is 10.9. The SMILES string of the molecule is C=CCO[C@@]12Oc3ccc(O)cc3[C@H]3[C@H](CCCCO)[C@@H](CCCCO)C=C(C(=NOCc4ccc([N+](=O)[O-])cc4)C[C@@H]1N(Cc1ccc4c(c1)OCO4)C(=O)CCC1CCCC1)[C@H]32. The van der Waals surface area contributed by atoms with Gasteiger partial charge < -0.3 is 44.0 Å². The van der Waals surface area contributed by atoms with Crippen molar-refractivity contribution in [2.24, 2.45) is 28.8 Å². The summed E-state index contributed by atoms with van der Waals surface area (Å²) in [5, 5.41) is 47.2. The minimum Gasteiger partial charge on any atom is -0.508 e. The number of aliphatic hydroxyl groups excluding tert-OH is 2. The third-order valence-corrected chi connectivity index (χ3v) is 13.9. The van der Waals surface area contributed by atoms with Gasteiger partial charge in [0, 0.05) is 56.2 Å². The molecule has 1 amide bonds. The first-order chi connectivity index (χ1) is 31.2. The van der Waals surface area contributed by atoms with Crippen LogP contribution in [0, 0.1) is 33.8 Å². The Morgan fingerprint density at radius 1 is 0.938 bits per heavy atom. The molecule has 5 aliphatic rings. The van der Waals surface area contributed by atoms with E-state index in [1.54, 1.807) is 36.4 Å². The summed E-state index contributed by atoms with van der Waals surface area (Å²) in [6.45, 7) is 4.68. The van der Waals surface area contributed by atoms with Crippen molar-refractivity contribution >= 4 is 17.3 Å². The summed E-state index contributed by atoms with van der Waals surface area (Å²) in [6.07, 6.45) is 14.2. The van der Waals surface area contributed by atoms with Gasteiger partial charge in [-0.3, -0.25) is 14.9 Å². The van der Waals surface area contributed by atoms with Crippen molar-refractivity contribution in [3.05, 3.63) is 112 Å². The lowest BCUT2D eigenvalue weighted by Crippen LogP contribution is -2.70. The number of phenols is 1. The Hall–Kier alpha value is -5.44. The highest BCUT2D eigenvalue weighted by Crippen LogP contribution is 2.62. The zero-order chi connectivity index (χ0) is 44.6. The Bertz CT molecular complexity index is 2190. The fourth-order valence-electron chi connectivity index (χ4n) is 10.9. The van der Waals surface area contributed by atoms with Crippen LogP contribution in [0.3, 0.4) is 0 Å². The molecule has 0 saturated heterocycles. The van der Waals surface area contributed by atoms with Crippen LogP contribution in [0.2, 0.25) is 0 Å². The van der Waals surface area contributed by atoms with Crippen LogP contribution in [0.15, 0.2) is 90.1 Å². The molecule has 0 unspecified atom stereocenters. The predicted octanol–water partition coefficient (Wildman–Crippen LogP) is 8.86. The van der Waals surface area contributed by atoms with Gasteiger partial charge in [-0.25, -0.2) is 0 Å². The quantitative estimate of drug-likeness (QED) is 0.0402. The maximum absolute atomic E-state index is 15.2. The second kappa shape index (κ2) is 20.6. The van der Waals surface area contributed by atoms with E-state index >= 15 is 4.79 Å². The van der Waals surface area contributed by atoms with Crippen molar-refractivity contribution in [3.8, 4) is 23.0 Å². The van der Waals surface area contributed by atoms with Gasteiger partial charge in [-0.1, -0.05) is 61.9 Å². The molecule has 0 radical (unpaired) electrons. The molecule has 0 bridgehead atoms. The Morgan fingerprint density at radius 3 is 2.42 bits per heavy atom. The predicted molar refractivity (Wildman–Crippen MR) is 239 cm³/mol. The number of hydrogen-bond acceptors (Lipinski definition) is 12. The highest BCUT2D eigenvalue weighted by Gasteiger charge is 2.65. The third-order valence-electron chi connectivity index (χ3n) is 13.9. The van der Waals surface area contributed by atoms with Crippen LogP contribution in [-0.4, -0.2) is 75.2 Å². The van der Waals surface area contributed by atoms with E-state index in [-0.39, 0.29) is 81.3 Å². The lowest BCUT2D eigenvalue weighted by Gasteiger charge is -2.60. The Labute approximate surface area is 374 Å². The monoisotopic (exact) mass is 879 g/mol. The first-order valence-electron chi connectivity index (χ1n) is 23.0. The van der Waals surface area contributed by atoms with Gasteiger partial charge in [-0.05, 0) is 109 Å². The molecule has 64 heavy (non-hydrogen) atoms. The largest absolute Gasteiger partial charge is 0.508 e. The molecule has 14 heteroatoms. The highest BCUT2D eigenvalue weighted by atomic mass is 16.7. The number of nitrogens with zero attached hydrogens (tertiary/aromatic N) is 3. The van der Waals surface area contributed by atoms with E-state index in [0.717, 1.165) is 61.6 Å². The minimum absolute atomic E-state index is 0.00319. The van der Waals surface area contributed by atoms with Gasteiger partial charge in [-0.15, -0.1) is 6.58 Å². The topological polar surface area (TPSA) is 183 Å². The van der Waals surface area contributed by atoms with Gasteiger partial charge >= 0.3 is 0 Å². The molecule has 8 rings (SSSR count). The van der Waals surface area contributed by atoms with Crippen molar-refractivity contribution in [2.45, 2.75) is 114 Å². The molecule has 3 aromatic rings. The molecule has 0 aromatic heterocycles. The van der Waals surface area contributed by atoms with E-state index in [1.165, 1.54) is 25.0 Å². The number of aliphatic hydroxyl groups is 2. The van der Waals surface area contributed by atoms with Crippen molar-refractivity contribution in [2.75, 3.05) is 26.6 Å². The summed E-state index contributed by atoms with van der Waals surface area (Å²) in [6, 6.07) is 16.4. The van der Waals surface area contributed by atoms with Crippen LogP contribution in [0.1, 0.15) is 106 Å². The number of aromatic hydroxyl groups is 1. The highest BCUT2D eigenvalue weighted by molar-refractivity contribution is 6.03. The molecule has 2 saturated carbocycles. The second-order valence-corrected chi connectivity index (χ2v) is 17.9. The maximum Gasteiger partial charge on any atom is 0.269 e. The lowest BCUT2D eigenvalue weighted by molar-refractivity contribution is -0.384. The lowest BCUT2D eigenvalue weighted by atomic mass is 9.55. The van der Waals surface area contributed by atoms with Crippen molar-refractivity contribution in [1.82, 2.24) is 4.90 Å². The normalized spacial score (nSPS) is 24.9. The summed E-state index contributed by atoms with van der Waals surface area (Å²) in [5.74, 6) is 0.0649.